The number of carboxylic acid groups (broad SMARTS) is 1. The number of pyridine rings is 2. The number of nitrogens with zero attached hydrogens (tertiary/aromatic N) is 3. The lowest BCUT2D eigenvalue weighted by Crippen LogP contribution is -2.38. The van der Waals surface area contributed by atoms with Crippen LogP contribution in [0.3, 0.4) is 0 Å². The number of hydrogen-bond donors (Lipinski definition) is 1. The molecule has 9 heteroatoms. The molecule has 3 aromatic rings. The number of aromatic nitrogens is 2. The monoisotopic (exact) mass is 511 g/mol. The third-order valence-corrected chi connectivity index (χ3v) is 7.82. The Bertz CT molecular complexity index is 1370. The number of anilines is 1. The second-order valence-corrected chi connectivity index (χ2v) is 10.3. The Kier molecular flexibility index (Phi) is 6.66. The summed E-state index contributed by atoms with van der Waals surface area (Å²) in [5, 5.41) is 10.5. The summed E-state index contributed by atoms with van der Waals surface area (Å²) in [7, 11) is 0. The van der Waals surface area contributed by atoms with Gasteiger partial charge in [0.05, 0.1) is 22.3 Å². The average Bonchev–Trinajstić information content (AvgIpc) is 3.32. The molecule has 0 spiro atoms. The van der Waals surface area contributed by atoms with E-state index >= 15 is 0 Å². The predicted octanol–water partition coefficient (Wildman–Crippen LogP) is 4.63. The van der Waals surface area contributed by atoms with Crippen LogP contribution in [0.2, 0.25) is 5.02 Å². The molecule has 0 amide bonds. The van der Waals surface area contributed by atoms with Crippen molar-refractivity contribution in [2.45, 2.75) is 51.1 Å². The lowest BCUT2D eigenvalue weighted by atomic mass is 9.90. The fourth-order valence-electron chi connectivity index (χ4n) is 5.33. The summed E-state index contributed by atoms with van der Waals surface area (Å²) >= 11 is 6.76. The van der Waals surface area contributed by atoms with Crippen LogP contribution in [0.1, 0.15) is 48.5 Å². The minimum absolute atomic E-state index is 0.0958. The van der Waals surface area contributed by atoms with Crippen LogP contribution in [-0.4, -0.2) is 53.0 Å². The van der Waals surface area contributed by atoms with E-state index in [9.17, 15) is 14.7 Å². The van der Waals surface area contributed by atoms with Crippen LogP contribution in [0.4, 0.5) is 5.69 Å². The zero-order valence-corrected chi connectivity index (χ0v) is 21.3. The zero-order chi connectivity index (χ0) is 25.4. The molecule has 36 heavy (non-hydrogen) atoms. The van der Waals surface area contributed by atoms with Gasteiger partial charge in [-0.15, -0.1) is 0 Å². The molecular weight excluding hydrogens is 482 g/mol. The van der Waals surface area contributed by atoms with Crippen molar-refractivity contribution in [3.05, 3.63) is 63.0 Å². The van der Waals surface area contributed by atoms with Gasteiger partial charge in [-0.25, -0.2) is 9.78 Å². The number of benzene rings is 1. The number of halogens is 1. The summed E-state index contributed by atoms with van der Waals surface area (Å²) in [5.41, 5.74) is 1.32. The molecule has 5 rings (SSSR count). The standard InChI is InChI=1S/C27H30ClN3O5/c1-17-5-3-9-29-25(17)36-16-18-6-4-10-30(18)23-14-22-19(13-21(23)28)24(32)20(26(33)34)15-31(22)27(2)7-11-35-12-8-27/h3,5,9,13-15,18H,4,6-8,10-12,16H2,1-2H3,(H,33,34)/t18-/m1/s1. The molecule has 8 nitrogen and oxygen atoms in total. The van der Waals surface area contributed by atoms with Gasteiger partial charge in [-0.05, 0) is 57.7 Å². The first-order valence-electron chi connectivity index (χ1n) is 12.3. The zero-order valence-electron chi connectivity index (χ0n) is 20.5. The average molecular weight is 512 g/mol. The van der Waals surface area contributed by atoms with Crippen molar-refractivity contribution in [1.82, 2.24) is 9.55 Å². The molecule has 1 N–H and O–H groups in total. The molecule has 0 radical (unpaired) electrons. The van der Waals surface area contributed by atoms with E-state index in [1.165, 1.54) is 6.20 Å². The predicted molar refractivity (Wildman–Crippen MR) is 139 cm³/mol. The number of rotatable bonds is 6. The lowest BCUT2D eigenvalue weighted by molar-refractivity contribution is 0.0310. The first kappa shape index (κ1) is 24.6. The van der Waals surface area contributed by atoms with Crippen molar-refractivity contribution in [2.75, 3.05) is 31.3 Å². The summed E-state index contributed by atoms with van der Waals surface area (Å²) in [4.78, 5) is 31.6. The van der Waals surface area contributed by atoms with E-state index in [0.717, 1.165) is 30.6 Å². The van der Waals surface area contributed by atoms with Crippen LogP contribution in [0.25, 0.3) is 10.9 Å². The van der Waals surface area contributed by atoms with Gasteiger partial charge in [-0.3, -0.25) is 4.79 Å². The highest BCUT2D eigenvalue weighted by atomic mass is 35.5. The maximum Gasteiger partial charge on any atom is 0.341 e. The van der Waals surface area contributed by atoms with Crippen molar-refractivity contribution >= 4 is 34.2 Å². The number of ether oxygens (including phenoxy) is 2. The van der Waals surface area contributed by atoms with Gasteiger partial charge in [0.15, 0.2) is 0 Å². The summed E-state index contributed by atoms with van der Waals surface area (Å²) in [6.07, 6.45) is 6.57. The smallest absolute Gasteiger partial charge is 0.341 e. The lowest BCUT2D eigenvalue weighted by Gasteiger charge is -2.38. The molecule has 2 fully saturated rings. The molecular formula is C27H30ClN3O5. The van der Waals surface area contributed by atoms with Crippen molar-refractivity contribution in [1.29, 1.82) is 0 Å². The van der Waals surface area contributed by atoms with Crippen LogP contribution in [0, 0.1) is 6.92 Å². The first-order chi connectivity index (χ1) is 17.3. The van der Waals surface area contributed by atoms with Crippen LogP contribution in [0.5, 0.6) is 5.88 Å². The van der Waals surface area contributed by atoms with Crippen molar-refractivity contribution in [3.8, 4) is 5.88 Å². The van der Waals surface area contributed by atoms with Gasteiger partial charge < -0.3 is 24.0 Å². The number of fused-ring (bicyclic) bond motifs is 1. The first-order valence-corrected chi connectivity index (χ1v) is 12.7. The quantitative estimate of drug-likeness (QED) is 0.515. The molecule has 2 aliphatic rings. The van der Waals surface area contributed by atoms with Crippen LogP contribution < -0.4 is 15.1 Å². The SMILES string of the molecule is Cc1cccnc1OC[C@H]1CCCN1c1cc2c(cc1Cl)c(=O)c(C(=O)O)cn2C1(C)CCOCC1. The molecule has 0 unspecified atom stereocenters. The summed E-state index contributed by atoms with van der Waals surface area (Å²) in [6, 6.07) is 7.51. The van der Waals surface area contributed by atoms with Gasteiger partial charge in [-0.1, -0.05) is 17.7 Å². The fourth-order valence-corrected chi connectivity index (χ4v) is 5.60. The van der Waals surface area contributed by atoms with E-state index < -0.39 is 11.4 Å². The topological polar surface area (TPSA) is 93.9 Å². The van der Waals surface area contributed by atoms with E-state index in [2.05, 4.69) is 16.8 Å². The molecule has 0 aliphatic carbocycles. The largest absolute Gasteiger partial charge is 0.477 e. The van der Waals surface area contributed by atoms with Gasteiger partial charge >= 0.3 is 5.97 Å². The highest BCUT2D eigenvalue weighted by molar-refractivity contribution is 6.34. The Morgan fingerprint density at radius 2 is 2.11 bits per heavy atom. The van der Waals surface area contributed by atoms with Gasteiger partial charge in [0, 0.05) is 48.6 Å². The van der Waals surface area contributed by atoms with Crippen LogP contribution in [0.15, 0.2) is 41.5 Å². The van der Waals surface area contributed by atoms with Gasteiger partial charge in [0.25, 0.3) is 0 Å². The Balaban J connectivity index is 1.57. The Morgan fingerprint density at radius 1 is 1.33 bits per heavy atom. The van der Waals surface area contributed by atoms with Crippen LogP contribution in [-0.2, 0) is 10.3 Å². The molecule has 190 valence electrons. The minimum Gasteiger partial charge on any atom is -0.477 e. The van der Waals surface area contributed by atoms with E-state index in [4.69, 9.17) is 21.1 Å². The highest BCUT2D eigenvalue weighted by Crippen LogP contribution is 2.38. The number of aromatic carboxylic acids is 1. The van der Waals surface area contributed by atoms with Crippen molar-refractivity contribution < 1.29 is 19.4 Å². The molecule has 0 saturated carbocycles. The summed E-state index contributed by atoms with van der Waals surface area (Å²) in [5.74, 6) is -0.621. The van der Waals surface area contributed by atoms with E-state index in [-0.39, 0.29) is 17.1 Å². The van der Waals surface area contributed by atoms with E-state index in [1.807, 2.05) is 29.7 Å². The number of aryl methyl sites for hydroxylation is 1. The molecule has 0 bridgehead atoms. The second kappa shape index (κ2) is 9.75. The van der Waals surface area contributed by atoms with Crippen molar-refractivity contribution in [3.63, 3.8) is 0 Å². The normalized spacial score (nSPS) is 19.5. The van der Waals surface area contributed by atoms with Gasteiger partial charge in [0.1, 0.15) is 12.2 Å². The van der Waals surface area contributed by atoms with E-state index in [1.54, 1.807) is 12.3 Å². The summed E-state index contributed by atoms with van der Waals surface area (Å²) in [6.45, 7) is 6.48. The fraction of sp³-hybridized carbons (Fsp3) is 0.444. The minimum atomic E-state index is -1.24. The Hall–Kier alpha value is -3.10. The Morgan fingerprint density at radius 3 is 2.83 bits per heavy atom. The molecule has 1 aromatic carbocycles. The molecule has 2 aliphatic heterocycles. The maximum absolute atomic E-state index is 13.1. The van der Waals surface area contributed by atoms with E-state index in [0.29, 0.717) is 54.5 Å². The molecule has 2 saturated heterocycles. The summed E-state index contributed by atoms with van der Waals surface area (Å²) < 4.78 is 13.6. The van der Waals surface area contributed by atoms with Gasteiger partial charge in [-0.2, -0.15) is 0 Å². The second-order valence-electron chi connectivity index (χ2n) is 9.90. The molecule has 2 aromatic heterocycles. The number of carboxylic acids is 1. The maximum atomic E-state index is 13.1. The molecule has 4 heterocycles. The third kappa shape index (κ3) is 4.44. The number of hydrogen-bond acceptors (Lipinski definition) is 6. The van der Waals surface area contributed by atoms with Crippen LogP contribution >= 0.6 is 11.6 Å². The van der Waals surface area contributed by atoms with Crippen molar-refractivity contribution in [2.24, 2.45) is 0 Å². The van der Waals surface area contributed by atoms with Gasteiger partial charge in [0.2, 0.25) is 11.3 Å². The number of carbonyl (C=O) groups is 1. The highest BCUT2D eigenvalue weighted by Gasteiger charge is 2.33. The molecule has 1 atom stereocenters. The Labute approximate surface area is 214 Å². The third-order valence-electron chi connectivity index (χ3n) is 7.51.